The van der Waals surface area contributed by atoms with Crippen LogP contribution >= 0.6 is 11.3 Å². The molecule has 0 amide bonds. The van der Waals surface area contributed by atoms with E-state index in [9.17, 15) is 4.39 Å². The van der Waals surface area contributed by atoms with Gasteiger partial charge in [0.15, 0.2) is 0 Å². The first-order valence-corrected chi connectivity index (χ1v) is 20.1. The Morgan fingerprint density at radius 3 is 2.32 bits per heavy atom. The van der Waals surface area contributed by atoms with Crippen LogP contribution in [0.4, 0.5) is 4.39 Å². The molecular weight excluding hydrogens is 794 g/mol. The van der Waals surface area contributed by atoms with Gasteiger partial charge in [-0.25, -0.2) is 9.37 Å². The zero-order valence-corrected chi connectivity index (χ0v) is 32.6. The van der Waals surface area contributed by atoms with Crippen LogP contribution in [0.15, 0.2) is 73.1 Å². The fraction of sp³-hybridized carbons (Fsp3) is 0.325. The minimum atomic E-state index is -2.25. The SMILES string of the molecule is CC(C)Cc1cc(-c2[c-]cccc2)ncc1[Si](C)(C)C.[2H]C([2H])([2H])c1ccc2c(n1)sc1c(-c3cc(CC(C)(C)C)c(F)cn3)[c-]ccc12.[Ir]. The Labute approximate surface area is 302 Å². The summed E-state index contributed by atoms with van der Waals surface area (Å²) in [5.41, 5.74) is 5.67. The summed E-state index contributed by atoms with van der Waals surface area (Å²) in [6.07, 6.45) is 5.10. The Morgan fingerprint density at radius 2 is 1.66 bits per heavy atom. The Hall–Kier alpha value is -3.09. The molecule has 0 aliphatic carbocycles. The molecule has 6 rings (SSSR count). The molecule has 0 N–H and O–H groups in total. The summed E-state index contributed by atoms with van der Waals surface area (Å²) in [6.45, 7) is 15.7. The van der Waals surface area contributed by atoms with Crippen LogP contribution in [0.1, 0.15) is 55.6 Å². The molecule has 1 radical (unpaired) electrons. The van der Waals surface area contributed by atoms with Crippen LogP contribution in [0.2, 0.25) is 19.6 Å². The first kappa shape index (κ1) is 32.5. The van der Waals surface area contributed by atoms with E-state index in [1.54, 1.807) is 18.2 Å². The Bertz CT molecular complexity index is 2080. The molecule has 0 atom stereocenters. The molecule has 0 saturated heterocycles. The number of pyridine rings is 3. The van der Waals surface area contributed by atoms with Crippen LogP contribution in [0.3, 0.4) is 0 Å². The predicted octanol–water partition coefficient (Wildman–Crippen LogP) is 10.6. The monoisotopic (exact) mass is 841 g/mol. The maximum absolute atomic E-state index is 14.3. The summed E-state index contributed by atoms with van der Waals surface area (Å²) in [6, 6.07) is 25.7. The maximum atomic E-state index is 14.3. The van der Waals surface area contributed by atoms with E-state index >= 15 is 0 Å². The van der Waals surface area contributed by atoms with Crippen molar-refractivity contribution in [2.45, 2.75) is 74.0 Å². The van der Waals surface area contributed by atoms with Gasteiger partial charge >= 0.3 is 0 Å². The molecule has 0 bridgehead atoms. The predicted molar refractivity (Wildman–Crippen MR) is 197 cm³/mol. The molecule has 0 saturated carbocycles. The van der Waals surface area contributed by atoms with Gasteiger partial charge < -0.3 is 9.97 Å². The van der Waals surface area contributed by atoms with Gasteiger partial charge in [-0.15, -0.1) is 59.7 Å². The van der Waals surface area contributed by atoms with E-state index in [2.05, 4.69) is 99.7 Å². The van der Waals surface area contributed by atoms with Crippen molar-refractivity contribution < 1.29 is 28.6 Å². The molecule has 0 fully saturated rings. The Morgan fingerprint density at radius 1 is 0.915 bits per heavy atom. The van der Waals surface area contributed by atoms with E-state index in [0.29, 0.717) is 28.4 Å². The van der Waals surface area contributed by atoms with Crippen molar-refractivity contribution in [3.05, 3.63) is 108 Å². The Kier molecular flexibility index (Phi) is 10.3. The van der Waals surface area contributed by atoms with Gasteiger partial charge in [-0.1, -0.05) is 83.4 Å². The van der Waals surface area contributed by atoms with Gasteiger partial charge in [0.25, 0.3) is 0 Å². The van der Waals surface area contributed by atoms with Crippen LogP contribution in [0.25, 0.3) is 42.8 Å². The molecular formula is C40H44FIrN3SSi-2. The summed E-state index contributed by atoms with van der Waals surface area (Å²) in [5.74, 6) is 0.358. The number of fused-ring (bicyclic) bond motifs is 3. The van der Waals surface area contributed by atoms with Crippen LogP contribution in [0.5, 0.6) is 0 Å². The summed E-state index contributed by atoms with van der Waals surface area (Å²) in [4.78, 5) is 14.0. The average molecular weight is 841 g/mol. The average Bonchev–Trinajstić information content (AvgIpc) is 3.39. The fourth-order valence-corrected chi connectivity index (χ4v) is 8.39. The molecule has 7 heteroatoms. The third-order valence-electron chi connectivity index (χ3n) is 7.62. The number of aromatic nitrogens is 3. The van der Waals surface area contributed by atoms with Crippen molar-refractivity contribution in [3.63, 3.8) is 0 Å². The van der Waals surface area contributed by atoms with E-state index in [-0.39, 0.29) is 37.0 Å². The van der Waals surface area contributed by atoms with E-state index in [1.165, 1.54) is 28.3 Å². The third kappa shape index (κ3) is 9.08. The first-order chi connectivity index (χ1) is 22.9. The minimum absolute atomic E-state index is 0. The third-order valence-corrected chi connectivity index (χ3v) is 10.8. The summed E-state index contributed by atoms with van der Waals surface area (Å²) >= 11 is 1.41. The van der Waals surface area contributed by atoms with Crippen LogP contribution in [0, 0.1) is 36.1 Å². The summed E-state index contributed by atoms with van der Waals surface area (Å²) in [5, 5.41) is 3.35. The number of benzene rings is 2. The van der Waals surface area contributed by atoms with Gasteiger partial charge in [-0.05, 0) is 69.3 Å². The van der Waals surface area contributed by atoms with Gasteiger partial charge in [0.2, 0.25) is 0 Å². The fourth-order valence-electron chi connectivity index (χ4n) is 5.62. The molecule has 0 spiro atoms. The molecule has 47 heavy (non-hydrogen) atoms. The zero-order valence-electron chi connectivity index (χ0n) is 31.4. The van der Waals surface area contributed by atoms with Crippen molar-refractivity contribution in [2.24, 2.45) is 11.3 Å². The molecule has 4 heterocycles. The van der Waals surface area contributed by atoms with Gasteiger partial charge in [0, 0.05) is 36.1 Å². The maximum Gasteiger partial charge on any atom is 0.142 e. The molecule has 0 aliphatic heterocycles. The van der Waals surface area contributed by atoms with Crippen molar-refractivity contribution >= 4 is 44.9 Å². The minimum Gasteiger partial charge on any atom is -0.305 e. The number of rotatable bonds is 6. The van der Waals surface area contributed by atoms with E-state index in [1.807, 2.05) is 30.3 Å². The number of halogens is 1. The van der Waals surface area contributed by atoms with Gasteiger partial charge in [-0.2, -0.15) is 11.3 Å². The van der Waals surface area contributed by atoms with Crippen LogP contribution in [-0.4, -0.2) is 23.0 Å². The summed E-state index contributed by atoms with van der Waals surface area (Å²) in [7, 11) is -1.34. The number of nitrogens with zero attached hydrogens (tertiary/aromatic N) is 3. The molecule has 3 nitrogen and oxygen atoms in total. The van der Waals surface area contributed by atoms with Crippen molar-refractivity contribution in [1.82, 2.24) is 15.0 Å². The van der Waals surface area contributed by atoms with Crippen LogP contribution in [-0.2, 0) is 32.9 Å². The van der Waals surface area contributed by atoms with Crippen LogP contribution < -0.4 is 5.19 Å². The second-order valence-electron chi connectivity index (χ2n) is 14.5. The van der Waals surface area contributed by atoms with Crippen molar-refractivity contribution in [2.75, 3.05) is 0 Å². The number of hydrogen-bond acceptors (Lipinski definition) is 4. The number of aryl methyl sites for hydroxylation is 1. The quantitative estimate of drug-likeness (QED) is 0.124. The van der Waals surface area contributed by atoms with Gasteiger partial charge in [0.1, 0.15) is 10.6 Å². The molecule has 4 aromatic heterocycles. The normalized spacial score (nSPS) is 13.0. The Balaban J connectivity index is 0.000000236. The molecule has 247 valence electrons. The number of hydrogen-bond donors (Lipinski definition) is 0. The van der Waals surface area contributed by atoms with Crippen molar-refractivity contribution in [3.8, 4) is 22.5 Å². The van der Waals surface area contributed by atoms with Crippen molar-refractivity contribution in [1.29, 1.82) is 0 Å². The largest absolute Gasteiger partial charge is 0.305 e. The topological polar surface area (TPSA) is 38.7 Å². The van der Waals surface area contributed by atoms with Gasteiger partial charge in [-0.3, -0.25) is 0 Å². The van der Waals surface area contributed by atoms with E-state index in [0.717, 1.165) is 38.7 Å². The smallest absolute Gasteiger partial charge is 0.142 e. The molecule has 0 aliphatic rings. The standard InChI is InChI=1S/C22H20FN2S.C18H24NSi.Ir/c1-13-8-9-16-15-6-5-7-17(20(15)26-21(16)25-13)19-10-14(11-22(2,3)4)18(23)12-24-19;1-14(2)11-16-12-17(15-9-7-6-8-10-15)19-13-18(16)20(3,4)5;/h5-6,8-10,12H,11H2,1-4H3;6-9,12-14H,11H2,1-5H3;/q2*-1;/i1D3;;. The van der Waals surface area contributed by atoms with E-state index < -0.39 is 14.9 Å². The van der Waals surface area contributed by atoms with Gasteiger partial charge in [0.05, 0.1) is 14.3 Å². The van der Waals surface area contributed by atoms with E-state index in [4.69, 9.17) is 4.11 Å². The number of thiophene rings is 1. The molecule has 0 unspecified atom stereocenters. The second kappa shape index (κ2) is 15.0. The molecule has 2 aromatic carbocycles. The zero-order chi connectivity index (χ0) is 35.7. The molecule has 6 aromatic rings. The second-order valence-corrected chi connectivity index (χ2v) is 20.5. The first-order valence-electron chi connectivity index (χ1n) is 17.3. The summed E-state index contributed by atoms with van der Waals surface area (Å²) < 4.78 is 38.0.